The van der Waals surface area contributed by atoms with Crippen LogP contribution in [0.3, 0.4) is 0 Å². The number of hydrogen-bond acceptors (Lipinski definition) is 3. The number of rotatable bonds is 11. The zero-order valence-corrected chi connectivity index (χ0v) is 16.9. The number of methoxy groups -OCH3 is 1. The van der Waals surface area contributed by atoms with E-state index in [0.29, 0.717) is 12.3 Å². The zero-order valence-electron chi connectivity index (χ0n) is 16.9. The second kappa shape index (κ2) is 10.8. The highest BCUT2D eigenvalue weighted by Gasteiger charge is 2.32. The first-order valence-corrected chi connectivity index (χ1v) is 9.41. The quantitative estimate of drug-likeness (QED) is 0.361. The fourth-order valence-corrected chi connectivity index (χ4v) is 3.17. The third-order valence-corrected chi connectivity index (χ3v) is 4.90. The Kier molecular flexibility index (Phi) is 9.18. The Morgan fingerprint density at radius 1 is 1.00 bits per heavy atom. The van der Waals surface area contributed by atoms with Crippen LogP contribution < -0.4 is 4.74 Å². The van der Waals surface area contributed by atoms with Gasteiger partial charge in [0, 0.05) is 5.92 Å². The van der Waals surface area contributed by atoms with Crippen LogP contribution in [0.15, 0.2) is 49.6 Å². The minimum absolute atomic E-state index is 0.157. The third kappa shape index (κ3) is 6.05. The van der Waals surface area contributed by atoms with Crippen molar-refractivity contribution in [3.05, 3.63) is 55.1 Å². The average molecular weight is 359 g/mol. The van der Waals surface area contributed by atoms with Crippen LogP contribution in [-0.4, -0.2) is 13.1 Å². The molecular formula is C23H34O3. The number of esters is 1. The van der Waals surface area contributed by atoms with Gasteiger partial charge in [0.2, 0.25) is 0 Å². The van der Waals surface area contributed by atoms with Crippen LogP contribution in [0.25, 0.3) is 0 Å². The minimum Gasteiger partial charge on any atom is -0.497 e. The van der Waals surface area contributed by atoms with E-state index in [2.05, 4.69) is 27.0 Å². The second-order valence-corrected chi connectivity index (χ2v) is 7.44. The zero-order chi connectivity index (χ0) is 19.7. The maximum atomic E-state index is 12.9. The van der Waals surface area contributed by atoms with Gasteiger partial charge in [-0.2, -0.15) is 0 Å². The van der Waals surface area contributed by atoms with Gasteiger partial charge >= 0.3 is 5.97 Å². The van der Waals surface area contributed by atoms with Crippen molar-refractivity contribution in [3.8, 4) is 5.75 Å². The highest BCUT2D eigenvalue weighted by atomic mass is 16.5. The summed E-state index contributed by atoms with van der Waals surface area (Å²) in [5.74, 6) is 1.18. The molecule has 0 bridgehead atoms. The van der Waals surface area contributed by atoms with Crippen molar-refractivity contribution in [2.75, 3.05) is 7.11 Å². The molecule has 26 heavy (non-hydrogen) atoms. The Morgan fingerprint density at radius 2 is 1.58 bits per heavy atom. The molecule has 0 saturated carbocycles. The molecule has 0 aromatic heterocycles. The molecule has 0 amide bonds. The molecule has 0 aliphatic carbocycles. The van der Waals surface area contributed by atoms with Crippen LogP contribution in [0.4, 0.5) is 0 Å². The Bertz CT molecular complexity index is 572. The summed E-state index contributed by atoms with van der Waals surface area (Å²) in [6.07, 6.45) is 4.80. The maximum absolute atomic E-state index is 12.9. The molecular weight excluding hydrogens is 324 g/mol. The van der Waals surface area contributed by atoms with E-state index in [1.165, 1.54) is 0 Å². The third-order valence-electron chi connectivity index (χ3n) is 4.90. The summed E-state index contributed by atoms with van der Waals surface area (Å²) in [6.45, 7) is 16.1. The van der Waals surface area contributed by atoms with Crippen molar-refractivity contribution in [1.29, 1.82) is 0 Å². The molecule has 144 valence electrons. The molecule has 0 spiro atoms. The van der Waals surface area contributed by atoms with Gasteiger partial charge in [-0.25, -0.2) is 0 Å². The van der Waals surface area contributed by atoms with Crippen molar-refractivity contribution < 1.29 is 14.3 Å². The van der Waals surface area contributed by atoms with Crippen molar-refractivity contribution in [2.45, 2.75) is 46.6 Å². The molecule has 0 fully saturated rings. The summed E-state index contributed by atoms with van der Waals surface area (Å²) in [6, 6.07) is 7.77. The molecule has 0 heterocycles. The van der Waals surface area contributed by atoms with Crippen LogP contribution in [0.2, 0.25) is 0 Å². The van der Waals surface area contributed by atoms with Gasteiger partial charge in [-0.15, -0.1) is 13.2 Å². The number of carbonyl (C=O) groups is 1. The van der Waals surface area contributed by atoms with Gasteiger partial charge in [0.15, 0.2) is 0 Å². The number of ether oxygens (including phenoxy) is 2. The fourth-order valence-electron chi connectivity index (χ4n) is 3.17. The SMILES string of the molecule is C=CC[C@@H](C(C)C)C(OC(=O)[C@@H](CC=C)C(C)C)c1ccc(OC)cc1. The Balaban J connectivity index is 3.18. The van der Waals surface area contributed by atoms with Crippen molar-refractivity contribution in [2.24, 2.45) is 23.7 Å². The summed E-state index contributed by atoms with van der Waals surface area (Å²) in [5, 5.41) is 0. The van der Waals surface area contributed by atoms with Crippen molar-refractivity contribution >= 4 is 5.97 Å². The minimum atomic E-state index is -0.308. The van der Waals surface area contributed by atoms with Crippen LogP contribution in [0, 0.1) is 23.7 Å². The molecule has 1 aromatic carbocycles. The lowest BCUT2D eigenvalue weighted by atomic mass is 9.83. The topological polar surface area (TPSA) is 35.5 Å². The van der Waals surface area contributed by atoms with Gasteiger partial charge in [0.25, 0.3) is 0 Å². The summed E-state index contributed by atoms with van der Waals surface area (Å²) >= 11 is 0. The molecule has 3 heteroatoms. The molecule has 3 atom stereocenters. The lowest BCUT2D eigenvalue weighted by Crippen LogP contribution is -2.29. The van der Waals surface area contributed by atoms with Gasteiger partial charge in [0.05, 0.1) is 13.0 Å². The van der Waals surface area contributed by atoms with Crippen LogP contribution in [-0.2, 0) is 9.53 Å². The molecule has 0 aliphatic rings. The molecule has 3 nitrogen and oxygen atoms in total. The molecule has 0 N–H and O–H groups in total. The van der Waals surface area contributed by atoms with Gasteiger partial charge < -0.3 is 9.47 Å². The first kappa shape index (κ1) is 22.0. The van der Waals surface area contributed by atoms with E-state index < -0.39 is 0 Å². The van der Waals surface area contributed by atoms with E-state index in [4.69, 9.17) is 9.47 Å². The second-order valence-electron chi connectivity index (χ2n) is 7.44. The van der Waals surface area contributed by atoms with Crippen LogP contribution >= 0.6 is 0 Å². The van der Waals surface area contributed by atoms with E-state index in [-0.39, 0.29) is 29.8 Å². The van der Waals surface area contributed by atoms with Gasteiger partial charge in [0.1, 0.15) is 11.9 Å². The Morgan fingerprint density at radius 3 is 2.00 bits per heavy atom. The molecule has 0 saturated heterocycles. The standard InChI is InChI=1S/C23H34O3/c1-8-10-20(16(3)4)22(18-12-14-19(25-7)15-13-18)26-23(24)21(11-9-2)17(5)6/h8-9,12-17,20-22H,1-2,10-11H2,3-7H3/t20-,21-,22?/m0/s1. The fraction of sp³-hybridized carbons (Fsp3) is 0.522. The molecule has 0 radical (unpaired) electrons. The smallest absolute Gasteiger partial charge is 0.310 e. The predicted molar refractivity (Wildman–Crippen MR) is 108 cm³/mol. The largest absolute Gasteiger partial charge is 0.497 e. The first-order chi connectivity index (χ1) is 12.3. The number of carbonyl (C=O) groups excluding carboxylic acids is 1. The Hall–Kier alpha value is -2.03. The van der Waals surface area contributed by atoms with Gasteiger partial charge in [-0.3, -0.25) is 4.79 Å². The van der Waals surface area contributed by atoms with E-state index in [0.717, 1.165) is 17.7 Å². The van der Waals surface area contributed by atoms with Gasteiger partial charge in [-0.05, 0) is 42.4 Å². The lowest BCUT2D eigenvalue weighted by molar-refractivity contribution is -0.160. The van der Waals surface area contributed by atoms with Crippen LogP contribution in [0.5, 0.6) is 5.75 Å². The molecule has 0 aliphatic heterocycles. The van der Waals surface area contributed by atoms with E-state index >= 15 is 0 Å². The van der Waals surface area contributed by atoms with E-state index in [1.54, 1.807) is 13.2 Å². The summed E-state index contributed by atoms with van der Waals surface area (Å²) in [5.41, 5.74) is 0.987. The van der Waals surface area contributed by atoms with E-state index in [9.17, 15) is 4.79 Å². The number of allylic oxidation sites excluding steroid dienone is 2. The molecule has 1 unspecified atom stereocenters. The molecule has 1 rings (SSSR count). The lowest BCUT2D eigenvalue weighted by Gasteiger charge is -2.31. The first-order valence-electron chi connectivity index (χ1n) is 9.41. The highest BCUT2D eigenvalue weighted by molar-refractivity contribution is 5.73. The molecule has 1 aromatic rings. The number of hydrogen-bond donors (Lipinski definition) is 0. The summed E-state index contributed by atoms with van der Waals surface area (Å²) in [4.78, 5) is 12.9. The number of benzene rings is 1. The van der Waals surface area contributed by atoms with Crippen molar-refractivity contribution in [1.82, 2.24) is 0 Å². The van der Waals surface area contributed by atoms with Crippen LogP contribution in [0.1, 0.15) is 52.2 Å². The van der Waals surface area contributed by atoms with Gasteiger partial charge in [-0.1, -0.05) is 52.0 Å². The Labute approximate surface area is 159 Å². The normalized spacial score (nSPS) is 14.6. The predicted octanol–water partition coefficient (Wildman–Crippen LogP) is 5.98. The summed E-state index contributed by atoms with van der Waals surface area (Å²) < 4.78 is 11.3. The highest BCUT2D eigenvalue weighted by Crippen LogP contribution is 2.36. The maximum Gasteiger partial charge on any atom is 0.310 e. The monoisotopic (exact) mass is 358 g/mol. The van der Waals surface area contributed by atoms with Crippen molar-refractivity contribution in [3.63, 3.8) is 0 Å². The average Bonchev–Trinajstić information content (AvgIpc) is 2.62. The summed E-state index contributed by atoms with van der Waals surface area (Å²) in [7, 11) is 1.64. The van der Waals surface area contributed by atoms with E-state index in [1.807, 2.05) is 44.2 Å².